The molecule has 10 heteroatoms. The Hall–Kier alpha value is -1.81. The molecule has 0 unspecified atom stereocenters. The van der Waals surface area contributed by atoms with Crippen LogP contribution in [0.2, 0.25) is 0 Å². The second-order valence-electron chi connectivity index (χ2n) is 4.99. The summed E-state index contributed by atoms with van der Waals surface area (Å²) in [6, 6.07) is -1.37. The summed E-state index contributed by atoms with van der Waals surface area (Å²) in [5.74, 6) is -6.40. The highest BCUT2D eigenvalue weighted by atomic mass is 32.1. The fourth-order valence-electron chi connectivity index (χ4n) is 1.36. The Morgan fingerprint density at radius 3 is 1.71 bits per heavy atom. The zero-order valence-corrected chi connectivity index (χ0v) is 12.3. The summed E-state index contributed by atoms with van der Waals surface area (Å²) in [6.07, 6.45) is -2.42. The van der Waals surface area contributed by atoms with Crippen LogP contribution in [0.4, 0.5) is 0 Å². The zero-order chi connectivity index (χ0) is 17.0. The molecule has 0 fully saturated rings. The van der Waals surface area contributed by atoms with E-state index in [1.54, 1.807) is 0 Å². The van der Waals surface area contributed by atoms with E-state index >= 15 is 0 Å². The summed E-state index contributed by atoms with van der Waals surface area (Å²) >= 11 is 4.02. The van der Waals surface area contributed by atoms with Crippen molar-refractivity contribution < 1.29 is 39.2 Å². The molecule has 0 aliphatic rings. The Morgan fingerprint density at radius 2 is 1.48 bits per heavy atom. The van der Waals surface area contributed by atoms with Gasteiger partial charge in [0.15, 0.2) is 0 Å². The Morgan fingerprint density at radius 1 is 1.10 bits per heavy atom. The van der Waals surface area contributed by atoms with Crippen LogP contribution < -0.4 is 5.73 Å². The van der Waals surface area contributed by atoms with E-state index in [1.165, 1.54) is 13.8 Å². The second kappa shape index (κ2) is 6.76. The largest absolute Gasteiger partial charge is 0.481 e. The zero-order valence-electron chi connectivity index (χ0n) is 11.4. The van der Waals surface area contributed by atoms with Crippen molar-refractivity contribution in [1.29, 1.82) is 0 Å². The molecule has 0 spiro atoms. The van der Waals surface area contributed by atoms with Gasteiger partial charge >= 0.3 is 23.9 Å². The molecule has 0 rings (SSSR count). The van der Waals surface area contributed by atoms with Gasteiger partial charge in [-0.05, 0) is 13.8 Å². The normalized spacial score (nSPS) is 13.3. The average molecular weight is 323 g/mol. The number of carboxylic acid groups (broad SMARTS) is 3. The molecule has 5 N–H and O–H groups in total. The number of rotatable bonds is 8. The summed E-state index contributed by atoms with van der Waals surface area (Å²) in [6.45, 7) is 2.91. The smallest absolute Gasteiger partial charge is 0.349 e. The highest BCUT2D eigenvalue weighted by molar-refractivity contribution is 7.81. The number of hydrogen-bond acceptors (Lipinski definition) is 7. The molecule has 0 bridgehead atoms. The van der Waals surface area contributed by atoms with Crippen molar-refractivity contribution in [2.45, 2.75) is 43.1 Å². The van der Waals surface area contributed by atoms with Gasteiger partial charge in [0.25, 0.3) is 0 Å². The van der Waals surface area contributed by atoms with E-state index in [-0.39, 0.29) is 0 Å². The average Bonchev–Trinajstić information content (AvgIpc) is 2.24. The maximum Gasteiger partial charge on any atom is 0.349 e. The summed E-state index contributed by atoms with van der Waals surface area (Å²) in [7, 11) is 0. The molecule has 0 aliphatic carbocycles. The molecular formula is C11H17NO8S. The number of carbonyl (C=O) groups is 4. The number of thiol groups is 1. The number of carbonyl (C=O) groups excluding carboxylic acids is 1. The van der Waals surface area contributed by atoms with E-state index in [0.717, 1.165) is 0 Å². The molecular weight excluding hydrogens is 306 g/mol. The van der Waals surface area contributed by atoms with Crippen molar-refractivity contribution in [1.82, 2.24) is 0 Å². The monoisotopic (exact) mass is 323 g/mol. The first-order chi connectivity index (χ1) is 9.31. The minimum absolute atomic E-state index is 1.08. The summed E-state index contributed by atoms with van der Waals surface area (Å²) in [5, 5.41) is 26.5. The number of ether oxygens (including phenoxy) is 1. The van der Waals surface area contributed by atoms with Gasteiger partial charge in [0.1, 0.15) is 6.04 Å². The van der Waals surface area contributed by atoms with Crippen LogP contribution in [0.25, 0.3) is 0 Å². The fourth-order valence-corrected chi connectivity index (χ4v) is 1.47. The standard InChI is InChI=1S/C11H17NO8S/c1-10(2,21)7(12)8(17)20-11(9(18)19,3-5(13)14)4-6(15)16/h7,21H,3-4,12H2,1-2H3,(H,13,14)(H,15,16)(H,18,19)/t7-/m1/s1. The van der Waals surface area contributed by atoms with E-state index in [9.17, 15) is 19.2 Å². The minimum Gasteiger partial charge on any atom is -0.481 e. The predicted molar refractivity (Wildman–Crippen MR) is 72.0 cm³/mol. The molecule has 21 heavy (non-hydrogen) atoms. The third-order valence-corrected chi connectivity index (χ3v) is 2.85. The van der Waals surface area contributed by atoms with Gasteiger partial charge in [0.05, 0.1) is 12.8 Å². The molecule has 120 valence electrons. The molecule has 0 amide bonds. The van der Waals surface area contributed by atoms with Gasteiger partial charge < -0.3 is 25.8 Å². The van der Waals surface area contributed by atoms with Gasteiger partial charge in [-0.15, -0.1) is 0 Å². The van der Waals surface area contributed by atoms with Crippen molar-refractivity contribution in [3.05, 3.63) is 0 Å². The highest BCUT2D eigenvalue weighted by Gasteiger charge is 2.48. The van der Waals surface area contributed by atoms with E-state index < -0.39 is 53.1 Å². The lowest BCUT2D eigenvalue weighted by molar-refractivity contribution is -0.187. The van der Waals surface area contributed by atoms with Crippen LogP contribution in [-0.4, -0.2) is 55.6 Å². The fraction of sp³-hybridized carbons (Fsp3) is 0.636. The summed E-state index contributed by atoms with van der Waals surface area (Å²) in [5.41, 5.74) is 2.79. The maximum absolute atomic E-state index is 11.8. The van der Waals surface area contributed by atoms with Gasteiger partial charge in [0.2, 0.25) is 5.60 Å². The van der Waals surface area contributed by atoms with Crippen molar-refractivity contribution in [3.63, 3.8) is 0 Å². The van der Waals surface area contributed by atoms with Crippen molar-refractivity contribution >= 4 is 36.5 Å². The molecule has 9 nitrogen and oxygen atoms in total. The number of carboxylic acids is 3. The molecule has 0 saturated carbocycles. The van der Waals surface area contributed by atoms with E-state index in [4.69, 9.17) is 21.1 Å². The Kier molecular flexibility index (Phi) is 6.18. The number of hydrogen-bond donors (Lipinski definition) is 5. The first kappa shape index (κ1) is 19.2. The topological polar surface area (TPSA) is 164 Å². The Balaban J connectivity index is 5.49. The summed E-state index contributed by atoms with van der Waals surface area (Å²) < 4.78 is 3.56. The van der Waals surface area contributed by atoms with Gasteiger partial charge in [0, 0.05) is 4.75 Å². The minimum atomic E-state index is -2.73. The lowest BCUT2D eigenvalue weighted by Crippen LogP contribution is -2.53. The Labute approximate surface area is 125 Å². The van der Waals surface area contributed by atoms with Crippen molar-refractivity contribution in [2.24, 2.45) is 5.73 Å². The van der Waals surface area contributed by atoms with Gasteiger partial charge in [-0.3, -0.25) is 14.4 Å². The summed E-state index contributed by atoms with van der Waals surface area (Å²) in [4.78, 5) is 44.6. The number of nitrogens with two attached hydrogens (primary N) is 1. The van der Waals surface area contributed by atoms with Crippen LogP contribution in [0.15, 0.2) is 0 Å². The first-order valence-corrected chi connectivity index (χ1v) is 6.14. The van der Waals surface area contributed by atoms with Gasteiger partial charge in [-0.25, -0.2) is 4.79 Å². The van der Waals surface area contributed by atoms with E-state index in [1.807, 2.05) is 0 Å². The van der Waals surface area contributed by atoms with Crippen LogP contribution in [0.1, 0.15) is 26.7 Å². The number of aliphatic carboxylic acids is 3. The lowest BCUT2D eigenvalue weighted by Gasteiger charge is -2.31. The Bertz CT molecular complexity index is 440. The molecule has 0 aliphatic heterocycles. The third kappa shape index (κ3) is 5.60. The number of esters is 1. The van der Waals surface area contributed by atoms with Crippen LogP contribution >= 0.6 is 12.6 Å². The van der Waals surface area contributed by atoms with Crippen LogP contribution in [0.5, 0.6) is 0 Å². The molecule has 0 aromatic heterocycles. The van der Waals surface area contributed by atoms with Crippen LogP contribution in [-0.2, 0) is 23.9 Å². The van der Waals surface area contributed by atoms with E-state index in [2.05, 4.69) is 17.4 Å². The molecule has 0 saturated heterocycles. The van der Waals surface area contributed by atoms with Crippen molar-refractivity contribution in [2.75, 3.05) is 0 Å². The predicted octanol–water partition coefficient (Wildman–Crippen LogP) is -0.662. The molecule has 0 heterocycles. The van der Waals surface area contributed by atoms with Gasteiger partial charge in [-0.1, -0.05) is 0 Å². The van der Waals surface area contributed by atoms with Gasteiger partial charge in [-0.2, -0.15) is 12.6 Å². The quantitative estimate of drug-likeness (QED) is 0.288. The van der Waals surface area contributed by atoms with Crippen LogP contribution in [0, 0.1) is 0 Å². The third-order valence-electron chi connectivity index (χ3n) is 2.57. The van der Waals surface area contributed by atoms with Crippen LogP contribution in [0.3, 0.4) is 0 Å². The second-order valence-corrected chi connectivity index (χ2v) is 6.15. The first-order valence-electron chi connectivity index (χ1n) is 5.69. The molecule has 0 aromatic carbocycles. The highest BCUT2D eigenvalue weighted by Crippen LogP contribution is 2.25. The maximum atomic E-state index is 11.8. The lowest BCUT2D eigenvalue weighted by atomic mass is 9.94. The molecule has 0 radical (unpaired) electrons. The van der Waals surface area contributed by atoms with Crippen molar-refractivity contribution in [3.8, 4) is 0 Å². The molecule has 0 aromatic rings. The molecule has 1 atom stereocenters. The van der Waals surface area contributed by atoms with E-state index in [0.29, 0.717) is 0 Å². The SMILES string of the molecule is CC(C)(S)[C@H](N)C(=O)OC(CC(=O)O)(CC(=O)O)C(=O)O.